The molecule has 0 unspecified atom stereocenters. The number of rotatable bonds is 9. The van der Waals surface area contributed by atoms with Crippen LogP contribution in [0.1, 0.15) is 38.2 Å². The summed E-state index contributed by atoms with van der Waals surface area (Å²) in [6.07, 6.45) is 5.81. The molecule has 0 fully saturated rings. The van der Waals surface area contributed by atoms with Gasteiger partial charge in [-0.05, 0) is 30.5 Å². The number of aliphatic hydroxyl groups is 1. The topological polar surface area (TPSA) is 66.4 Å². The van der Waals surface area contributed by atoms with Gasteiger partial charge in [-0.15, -0.1) is 0 Å². The maximum Gasteiger partial charge on any atom is 0.240 e. The second kappa shape index (κ2) is 8.30. The van der Waals surface area contributed by atoms with E-state index in [2.05, 4.69) is 11.6 Å². The van der Waals surface area contributed by atoms with Crippen molar-refractivity contribution in [2.75, 3.05) is 13.2 Å². The lowest BCUT2D eigenvalue weighted by atomic mass is 10.1. The normalized spacial score (nSPS) is 11.7. The van der Waals surface area contributed by atoms with E-state index in [4.69, 9.17) is 5.11 Å². The minimum atomic E-state index is -3.48. The van der Waals surface area contributed by atoms with Crippen LogP contribution in [0.5, 0.6) is 0 Å². The fraction of sp³-hybridized carbons (Fsp3) is 0.571. The first-order chi connectivity index (χ1) is 9.10. The van der Waals surface area contributed by atoms with Crippen molar-refractivity contribution in [2.24, 2.45) is 0 Å². The Kier molecular flexibility index (Phi) is 7.05. The molecule has 0 aliphatic carbocycles. The van der Waals surface area contributed by atoms with E-state index < -0.39 is 10.0 Å². The van der Waals surface area contributed by atoms with Gasteiger partial charge in [0.05, 0.1) is 11.5 Å². The smallest absolute Gasteiger partial charge is 0.240 e. The third-order valence-electron chi connectivity index (χ3n) is 2.96. The Bertz CT molecular complexity index is 454. The van der Waals surface area contributed by atoms with Crippen LogP contribution in [-0.2, 0) is 16.4 Å². The Morgan fingerprint density at radius 2 is 1.79 bits per heavy atom. The third kappa shape index (κ3) is 5.72. The number of aryl methyl sites for hydroxylation is 1. The number of sulfonamides is 1. The monoisotopic (exact) mass is 285 g/mol. The molecule has 0 radical (unpaired) electrons. The van der Waals surface area contributed by atoms with Crippen molar-refractivity contribution in [1.29, 1.82) is 0 Å². The number of nitrogens with one attached hydrogen (secondary N) is 1. The molecule has 0 atom stereocenters. The van der Waals surface area contributed by atoms with Crippen LogP contribution < -0.4 is 4.72 Å². The number of aliphatic hydroxyl groups excluding tert-OH is 1. The summed E-state index contributed by atoms with van der Waals surface area (Å²) in [7, 11) is -3.48. The van der Waals surface area contributed by atoms with Crippen LogP contribution >= 0.6 is 0 Å². The first kappa shape index (κ1) is 16.1. The van der Waals surface area contributed by atoms with E-state index >= 15 is 0 Å². The van der Waals surface area contributed by atoms with Crippen LogP contribution in [0.4, 0.5) is 0 Å². The molecule has 0 aromatic heterocycles. The van der Waals surface area contributed by atoms with E-state index in [1.807, 2.05) is 12.1 Å². The summed E-state index contributed by atoms with van der Waals surface area (Å²) < 4.78 is 25.9. The molecule has 0 heterocycles. The number of hydrogen-bond acceptors (Lipinski definition) is 3. The molecule has 0 spiro atoms. The summed E-state index contributed by atoms with van der Waals surface area (Å²) in [4.78, 5) is 0.248. The second-order valence-electron chi connectivity index (χ2n) is 4.58. The highest BCUT2D eigenvalue weighted by atomic mass is 32.2. The maximum atomic E-state index is 11.8. The SMILES string of the molecule is CCCCCCc1ccc(S(=O)(=O)NCCO)cc1. The van der Waals surface area contributed by atoms with Gasteiger partial charge in [-0.25, -0.2) is 13.1 Å². The molecule has 0 saturated carbocycles. The zero-order chi connectivity index (χ0) is 14.1. The van der Waals surface area contributed by atoms with Crippen molar-refractivity contribution in [2.45, 2.75) is 43.9 Å². The van der Waals surface area contributed by atoms with Gasteiger partial charge in [0, 0.05) is 6.54 Å². The Morgan fingerprint density at radius 1 is 1.11 bits per heavy atom. The van der Waals surface area contributed by atoms with Crippen LogP contribution in [0.25, 0.3) is 0 Å². The van der Waals surface area contributed by atoms with Crippen LogP contribution in [0.2, 0.25) is 0 Å². The Labute approximate surface area is 115 Å². The van der Waals surface area contributed by atoms with Gasteiger partial charge in [-0.3, -0.25) is 0 Å². The van der Waals surface area contributed by atoms with E-state index in [9.17, 15) is 8.42 Å². The van der Waals surface area contributed by atoms with Crippen molar-refractivity contribution in [3.63, 3.8) is 0 Å². The molecule has 0 aliphatic heterocycles. The third-order valence-corrected chi connectivity index (χ3v) is 4.43. The molecule has 2 N–H and O–H groups in total. The minimum Gasteiger partial charge on any atom is -0.395 e. The Hall–Kier alpha value is -0.910. The van der Waals surface area contributed by atoms with Crippen molar-refractivity contribution < 1.29 is 13.5 Å². The van der Waals surface area contributed by atoms with Gasteiger partial charge in [0.15, 0.2) is 0 Å². The lowest BCUT2D eigenvalue weighted by Gasteiger charge is -2.06. The van der Waals surface area contributed by atoms with Crippen molar-refractivity contribution in [3.05, 3.63) is 29.8 Å². The van der Waals surface area contributed by atoms with Gasteiger partial charge >= 0.3 is 0 Å². The van der Waals surface area contributed by atoms with E-state index in [1.54, 1.807) is 12.1 Å². The molecule has 19 heavy (non-hydrogen) atoms. The first-order valence-electron chi connectivity index (χ1n) is 6.79. The second-order valence-corrected chi connectivity index (χ2v) is 6.34. The summed E-state index contributed by atoms with van der Waals surface area (Å²) in [5.41, 5.74) is 1.16. The number of benzene rings is 1. The molecule has 1 aromatic carbocycles. The summed E-state index contributed by atoms with van der Waals surface area (Å²) in [5, 5.41) is 8.63. The van der Waals surface area contributed by atoms with Crippen molar-refractivity contribution >= 4 is 10.0 Å². The fourth-order valence-corrected chi connectivity index (χ4v) is 2.88. The lowest BCUT2D eigenvalue weighted by molar-refractivity contribution is 0.301. The Morgan fingerprint density at radius 3 is 2.37 bits per heavy atom. The summed E-state index contributed by atoms with van der Waals surface area (Å²) in [6.45, 7) is 2.02. The molecule has 0 saturated heterocycles. The van der Waals surface area contributed by atoms with Crippen LogP contribution in [0.15, 0.2) is 29.2 Å². The van der Waals surface area contributed by atoms with Gasteiger partial charge in [0.25, 0.3) is 0 Å². The quantitative estimate of drug-likeness (QED) is 0.683. The van der Waals surface area contributed by atoms with Gasteiger partial charge in [-0.2, -0.15) is 0 Å². The first-order valence-corrected chi connectivity index (χ1v) is 8.28. The molecule has 0 bridgehead atoms. The van der Waals surface area contributed by atoms with Gasteiger partial charge < -0.3 is 5.11 Å². The van der Waals surface area contributed by atoms with E-state index in [0.717, 1.165) is 18.4 Å². The van der Waals surface area contributed by atoms with E-state index in [1.165, 1.54) is 19.3 Å². The van der Waals surface area contributed by atoms with Crippen LogP contribution in [0.3, 0.4) is 0 Å². The van der Waals surface area contributed by atoms with Crippen molar-refractivity contribution in [3.8, 4) is 0 Å². The molecule has 108 valence electrons. The van der Waals surface area contributed by atoms with Crippen LogP contribution in [0, 0.1) is 0 Å². The average Bonchev–Trinajstić information content (AvgIpc) is 2.42. The summed E-state index contributed by atoms with van der Waals surface area (Å²) in [6, 6.07) is 6.96. The molecule has 0 aliphatic rings. The predicted octanol–water partition coefficient (Wildman–Crippen LogP) is 2.08. The number of hydrogen-bond donors (Lipinski definition) is 2. The molecular weight excluding hydrogens is 262 g/mol. The molecular formula is C14H23NO3S. The fourth-order valence-electron chi connectivity index (χ4n) is 1.85. The van der Waals surface area contributed by atoms with Gasteiger partial charge in [0.1, 0.15) is 0 Å². The highest BCUT2D eigenvalue weighted by molar-refractivity contribution is 7.89. The Balaban J connectivity index is 2.56. The largest absolute Gasteiger partial charge is 0.395 e. The van der Waals surface area contributed by atoms with Crippen LogP contribution in [-0.4, -0.2) is 26.7 Å². The zero-order valence-electron chi connectivity index (χ0n) is 11.4. The standard InChI is InChI=1S/C14H23NO3S/c1-2-3-4-5-6-13-7-9-14(10-8-13)19(17,18)15-11-12-16/h7-10,15-16H,2-6,11-12H2,1H3. The summed E-state index contributed by atoms with van der Waals surface area (Å²) in [5.74, 6) is 0. The maximum absolute atomic E-state index is 11.8. The van der Waals surface area contributed by atoms with Gasteiger partial charge in [-0.1, -0.05) is 38.3 Å². The molecule has 1 rings (SSSR count). The van der Waals surface area contributed by atoms with E-state index in [0.29, 0.717) is 0 Å². The highest BCUT2D eigenvalue weighted by Gasteiger charge is 2.12. The molecule has 4 nitrogen and oxygen atoms in total. The van der Waals surface area contributed by atoms with E-state index in [-0.39, 0.29) is 18.0 Å². The minimum absolute atomic E-state index is 0.0428. The summed E-state index contributed by atoms with van der Waals surface area (Å²) >= 11 is 0. The average molecular weight is 285 g/mol. The predicted molar refractivity (Wildman–Crippen MR) is 76.6 cm³/mol. The molecule has 5 heteroatoms. The zero-order valence-corrected chi connectivity index (χ0v) is 12.2. The molecule has 1 aromatic rings. The van der Waals surface area contributed by atoms with Gasteiger partial charge in [0.2, 0.25) is 10.0 Å². The van der Waals surface area contributed by atoms with Crippen molar-refractivity contribution in [1.82, 2.24) is 4.72 Å². The molecule has 0 amide bonds. The number of unbranched alkanes of at least 4 members (excludes halogenated alkanes) is 3. The lowest BCUT2D eigenvalue weighted by Crippen LogP contribution is -2.26. The highest BCUT2D eigenvalue weighted by Crippen LogP contribution is 2.13.